The lowest BCUT2D eigenvalue weighted by molar-refractivity contribution is -0.118. The molecule has 1 amide bonds. The minimum absolute atomic E-state index is 0.00372. The van der Waals surface area contributed by atoms with E-state index in [-0.39, 0.29) is 12.5 Å². The van der Waals surface area contributed by atoms with Crippen LogP contribution in [0.5, 0.6) is 5.75 Å². The lowest BCUT2D eigenvalue weighted by atomic mass is 10.1. The second-order valence-corrected chi connectivity index (χ2v) is 5.93. The molecule has 2 rings (SSSR count). The fourth-order valence-corrected chi connectivity index (χ4v) is 2.58. The summed E-state index contributed by atoms with van der Waals surface area (Å²) in [6.45, 7) is 5.89. The van der Waals surface area contributed by atoms with Crippen LogP contribution in [0.2, 0.25) is 0 Å². The van der Waals surface area contributed by atoms with Crippen LogP contribution in [0.15, 0.2) is 40.9 Å². The van der Waals surface area contributed by atoms with Gasteiger partial charge in [0.05, 0.1) is 0 Å². The van der Waals surface area contributed by atoms with Crippen molar-refractivity contribution in [3.05, 3.63) is 57.6 Å². The lowest BCUT2D eigenvalue weighted by Crippen LogP contribution is -2.21. The van der Waals surface area contributed by atoms with Crippen LogP contribution in [0.4, 0.5) is 5.69 Å². The molecule has 0 bridgehead atoms. The Morgan fingerprint density at radius 2 is 1.76 bits per heavy atom. The third-order valence-electron chi connectivity index (χ3n) is 3.24. The first kappa shape index (κ1) is 15.6. The zero-order valence-electron chi connectivity index (χ0n) is 12.4. The highest BCUT2D eigenvalue weighted by Gasteiger charge is 2.09. The van der Waals surface area contributed by atoms with Crippen molar-refractivity contribution in [3.63, 3.8) is 0 Å². The van der Waals surface area contributed by atoms with E-state index in [0.717, 1.165) is 32.6 Å². The maximum Gasteiger partial charge on any atom is 0.262 e. The van der Waals surface area contributed by atoms with Gasteiger partial charge in [0.2, 0.25) is 0 Å². The third kappa shape index (κ3) is 4.08. The third-order valence-corrected chi connectivity index (χ3v) is 3.73. The molecule has 0 fully saturated rings. The number of halogens is 1. The largest absolute Gasteiger partial charge is 0.483 e. The van der Waals surface area contributed by atoms with Gasteiger partial charge in [0.1, 0.15) is 5.75 Å². The smallest absolute Gasteiger partial charge is 0.262 e. The van der Waals surface area contributed by atoms with Crippen molar-refractivity contribution in [2.45, 2.75) is 20.8 Å². The molecule has 110 valence electrons. The van der Waals surface area contributed by atoms with Gasteiger partial charge >= 0.3 is 0 Å². The van der Waals surface area contributed by atoms with Crippen LogP contribution in [-0.2, 0) is 4.79 Å². The second-order valence-electron chi connectivity index (χ2n) is 5.01. The molecule has 0 atom stereocenters. The first-order valence-corrected chi connectivity index (χ1v) is 7.51. The summed E-state index contributed by atoms with van der Waals surface area (Å²) in [5.74, 6) is 0.560. The number of anilines is 1. The van der Waals surface area contributed by atoms with Gasteiger partial charge in [-0.25, -0.2) is 0 Å². The van der Waals surface area contributed by atoms with E-state index < -0.39 is 0 Å². The van der Waals surface area contributed by atoms with Crippen molar-refractivity contribution < 1.29 is 9.53 Å². The predicted octanol–water partition coefficient (Wildman–Crippen LogP) is 4.39. The van der Waals surface area contributed by atoms with Gasteiger partial charge in [-0.05, 0) is 55.7 Å². The van der Waals surface area contributed by atoms with E-state index in [4.69, 9.17) is 4.74 Å². The van der Waals surface area contributed by atoms with Gasteiger partial charge in [0.25, 0.3) is 5.91 Å². The molecule has 0 aromatic heterocycles. The molecule has 0 aliphatic carbocycles. The topological polar surface area (TPSA) is 38.3 Å². The zero-order valence-corrected chi connectivity index (χ0v) is 14.0. The molecule has 1 N–H and O–H groups in total. The molecule has 2 aromatic carbocycles. The Balaban J connectivity index is 1.99. The molecule has 0 spiro atoms. The minimum Gasteiger partial charge on any atom is -0.483 e. The van der Waals surface area contributed by atoms with Crippen LogP contribution in [0.3, 0.4) is 0 Å². The molecule has 0 saturated heterocycles. The molecule has 0 unspecified atom stereocenters. The summed E-state index contributed by atoms with van der Waals surface area (Å²) in [5.41, 5.74) is 3.94. The quantitative estimate of drug-likeness (QED) is 0.890. The predicted molar refractivity (Wildman–Crippen MR) is 88.9 cm³/mol. The number of carbonyl (C=O) groups is 1. The second kappa shape index (κ2) is 6.76. The van der Waals surface area contributed by atoms with Crippen LogP contribution in [-0.4, -0.2) is 12.5 Å². The fourth-order valence-electron chi connectivity index (χ4n) is 2.11. The van der Waals surface area contributed by atoms with Crippen molar-refractivity contribution in [2.75, 3.05) is 11.9 Å². The zero-order chi connectivity index (χ0) is 15.4. The first-order chi connectivity index (χ1) is 9.97. The van der Waals surface area contributed by atoms with Gasteiger partial charge in [-0.15, -0.1) is 0 Å². The maximum absolute atomic E-state index is 12.0. The maximum atomic E-state index is 12.0. The van der Waals surface area contributed by atoms with Crippen molar-refractivity contribution in [1.82, 2.24) is 0 Å². The van der Waals surface area contributed by atoms with Crippen molar-refractivity contribution in [2.24, 2.45) is 0 Å². The van der Waals surface area contributed by atoms with E-state index in [1.165, 1.54) is 0 Å². The Hall–Kier alpha value is -1.81. The molecule has 0 aliphatic rings. The van der Waals surface area contributed by atoms with Crippen LogP contribution >= 0.6 is 15.9 Å². The van der Waals surface area contributed by atoms with Crippen LogP contribution in [0, 0.1) is 20.8 Å². The van der Waals surface area contributed by atoms with Gasteiger partial charge in [0, 0.05) is 10.2 Å². The Labute approximate surface area is 133 Å². The van der Waals surface area contributed by atoms with Crippen LogP contribution in [0.1, 0.15) is 16.7 Å². The summed E-state index contributed by atoms with van der Waals surface area (Å²) >= 11 is 3.40. The molecular weight excluding hydrogens is 330 g/mol. The van der Waals surface area contributed by atoms with Gasteiger partial charge in [-0.3, -0.25) is 4.79 Å². The average molecular weight is 348 g/mol. The van der Waals surface area contributed by atoms with E-state index in [1.807, 2.05) is 57.2 Å². The van der Waals surface area contributed by atoms with Gasteiger partial charge in [-0.1, -0.05) is 34.1 Å². The number of hydrogen-bond donors (Lipinski definition) is 1. The first-order valence-electron chi connectivity index (χ1n) is 6.72. The average Bonchev–Trinajstić information content (AvgIpc) is 2.42. The van der Waals surface area contributed by atoms with Gasteiger partial charge in [-0.2, -0.15) is 0 Å². The van der Waals surface area contributed by atoms with E-state index >= 15 is 0 Å². The minimum atomic E-state index is -0.158. The number of hydrogen-bond acceptors (Lipinski definition) is 2. The Kier molecular flexibility index (Phi) is 5.02. The standard InChI is InChI=1S/C17H18BrNO2/c1-11-5-4-6-12(2)17(11)19-16(20)10-21-15-8-7-14(18)9-13(15)3/h4-9H,10H2,1-3H3,(H,19,20). The number of amides is 1. The molecule has 0 heterocycles. The summed E-state index contributed by atoms with van der Waals surface area (Å²) in [6.07, 6.45) is 0. The normalized spacial score (nSPS) is 10.3. The highest BCUT2D eigenvalue weighted by molar-refractivity contribution is 9.10. The van der Waals surface area contributed by atoms with Crippen LogP contribution < -0.4 is 10.1 Å². The van der Waals surface area contributed by atoms with Crippen molar-refractivity contribution in [3.8, 4) is 5.75 Å². The van der Waals surface area contributed by atoms with Crippen molar-refractivity contribution >= 4 is 27.5 Å². The summed E-state index contributed by atoms with van der Waals surface area (Å²) in [6, 6.07) is 11.6. The fraction of sp³-hybridized carbons (Fsp3) is 0.235. The highest BCUT2D eigenvalue weighted by Crippen LogP contribution is 2.22. The Morgan fingerprint density at radius 1 is 1.10 bits per heavy atom. The SMILES string of the molecule is Cc1cc(Br)ccc1OCC(=O)Nc1c(C)cccc1C. The number of aryl methyl sites for hydroxylation is 3. The molecule has 0 aliphatic heterocycles. The molecule has 0 radical (unpaired) electrons. The number of nitrogens with one attached hydrogen (secondary N) is 1. The Bertz CT molecular complexity index is 648. The summed E-state index contributed by atoms with van der Waals surface area (Å²) in [5, 5.41) is 2.91. The number of rotatable bonds is 4. The molecule has 0 saturated carbocycles. The molecule has 4 heteroatoms. The monoisotopic (exact) mass is 347 g/mol. The number of benzene rings is 2. The van der Waals surface area contributed by atoms with E-state index in [2.05, 4.69) is 21.2 Å². The van der Waals surface area contributed by atoms with Crippen molar-refractivity contribution in [1.29, 1.82) is 0 Å². The lowest BCUT2D eigenvalue weighted by Gasteiger charge is -2.13. The van der Waals surface area contributed by atoms with Gasteiger partial charge in [0.15, 0.2) is 6.61 Å². The van der Waals surface area contributed by atoms with E-state index in [0.29, 0.717) is 0 Å². The molecule has 21 heavy (non-hydrogen) atoms. The number of ether oxygens (including phenoxy) is 1. The molecule has 3 nitrogen and oxygen atoms in total. The molecule has 2 aromatic rings. The number of carbonyl (C=O) groups excluding carboxylic acids is 1. The summed E-state index contributed by atoms with van der Waals surface area (Å²) < 4.78 is 6.57. The van der Waals surface area contributed by atoms with Crippen LogP contribution in [0.25, 0.3) is 0 Å². The van der Waals surface area contributed by atoms with E-state index in [1.54, 1.807) is 0 Å². The Morgan fingerprint density at radius 3 is 2.38 bits per heavy atom. The van der Waals surface area contributed by atoms with E-state index in [9.17, 15) is 4.79 Å². The summed E-state index contributed by atoms with van der Waals surface area (Å²) in [7, 11) is 0. The highest BCUT2D eigenvalue weighted by atomic mass is 79.9. The molecular formula is C17H18BrNO2. The summed E-state index contributed by atoms with van der Waals surface area (Å²) in [4.78, 5) is 12.0. The van der Waals surface area contributed by atoms with Gasteiger partial charge < -0.3 is 10.1 Å². The number of para-hydroxylation sites is 1.